The molecule has 3 nitrogen and oxygen atoms in total. The van der Waals surface area contributed by atoms with Gasteiger partial charge in [-0.3, -0.25) is 0 Å². The van der Waals surface area contributed by atoms with Gasteiger partial charge in [-0.2, -0.15) is 0 Å². The molecule has 10 fully saturated rings. The number of ether oxygens (including phenoxy) is 1. The third-order valence-corrected chi connectivity index (χ3v) is 59.2. The van der Waals surface area contributed by atoms with Crippen LogP contribution in [0.15, 0.2) is 0 Å². The van der Waals surface area contributed by atoms with E-state index in [4.69, 9.17) is 16.3 Å². The van der Waals surface area contributed by atoms with Gasteiger partial charge in [-0.1, -0.05) is 0 Å². The number of hydrogen-bond donors (Lipinski definition) is 0. The van der Waals surface area contributed by atoms with Crippen LogP contribution in [0.1, 0.15) is 12.8 Å². The Hall–Kier alpha value is -0.0505. The van der Waals surface area contributed by atoms with Gasteiger partial charge in [-0.15, -0.1) is 0 Å². The van der Waals surface area contributed by atoms with E-state index in [9.17, 15) is 9.59 Å². The zero-order chi connectivity index (χ0) is 13.9. The Morgan fingerprint density at radius 2 is 1.57 bits per heavy atom. The van der Waals surface area contributed by atoms with Gasteiger partial charge in [0.2, 0.25) is 0 Å². The van der Waals surface area contributed by atoms with Crippen molar-refractivity contribution in [3.8, 4) is 0 Å². The van der Waals surface area contributed by atoms with Crippen molar-refractivity contribution >= 4 is 23.4 Å². The number of halogens is 1. The number of methoxy groups -OCH3 is 1. The summed E-state index contributed by atoms with van der Waals surface area (Å²) in [6.07, 6.45) is 1.52. The molecule has 0 bridgehead atoms. The normalized spacial score (nSPS) is 102. The number of esters is 1. The van der Waals surface area contributed by atoms with Crippen molar-refractivity contribution in [3.63, 3.8) is 0 Å². The molecular formula is C16H17ClFeO3. The summed E-state index contributed by atoms with van der Waals surface area (Å²) >= 11 is 5.84. The van der Waals surface area contributed by atoms with Crippen molar-refractivity contribution < 1.29 is 20.8 Å². The van der Waals surface area contributed by atoms with E-state index >= 15 is 0 Å². The molecule has 0 aliphatic carbocycles. The molecule has 8 atom stereocenters. The van der Waals surface area contributed by atoms with Crippen LogP contribution >= 0.6 is 11.6 Å². The predicted octanol–water partition coefficient (Wildman–Crippen LogP) is 3.88. The van der Waals surface area contributed by atoms with Crippen LogP contribution in [-0.4, -0.2) is 24.7 Å². The average molecular weight is 349 g/mol. The average Bonchev–Trinajstić information content (AvgIpc) is 3.44. The van der Waals surface area contributed by atoms with E-state index in [1.807, 2.05) is 0 Å². The third-order valence-electron chi connectivity index (χ3n) is 16.3. The number of ketones is 1. The Morgan fingerprint density at radius 3 is 2.00 bits per heavy atom. The number of alkyl halides is 1. The Balaban J connectivity index is 1.40. The Morgan fingerprint density at radius 1 is 1.05 bits per heavy atom. The molecule has 21 heavy (non-hydrogen) atoms. The number of hydrogen-bond acceptors (Lipinski definition) is 3. The monoisotopic (exact) mass is 348 g/mol. The molecule has 0 aromatic carbocycles. The number of carbonyl (C=O) groups excluding carboxylic acids is 2. The summed E-state index contributed by atoms with van der Waals surface area (Å²) in [5, 5.41) is 0. The first-order valence-electron chi connectivity index (χ1n) is 8.28. The molecule has 0 N–H and O–H groups in total. The number of fused-ring (bicyclic) bond motifs is 10. The molecule has 8 unspecified atom stereocenters. The summed E-state index contributed by atoms with van der Waals surface area (Å²) < 4.78 is 5.52. The Labute approximate surface area is 117 Å². The molecule has 10 heterocycles. The molecule has 0 saturated carbocycles. The van der Waals surface area contributed by atoms with Crippen LogP contribution in [0.25, 0.3) is 0 Å². The quantitative estimate of drug-likeness (QED) is 0.430. The summed E-state index contributed by atoms with van der Waals surface area (Å²) in [6.45, 7) is -3.88. The van der Waals surface area contributed by atoms with Crippen molar-refractivity contribution in [2.45, 2.75) is 60.0 Å². The van der Waals surface area contributed by atoms with E-state index in [-0.39, 0.29) is 14.6 Å². The fourth-order valence-electron chi connectivity index (χ4n) is 18.4. The first-order valence-corrected chi connectivity index (χ1v) is 15.0. The van der Waals surface area contributed by atoms with Gasteiger partial charge >= 0.3 is 117 Å². The van der Waals surface area contributed by atoms with Gasteiger partial charge in [0.1, 0.15) is 0 Å². The summed E-state index contributed by atoms with van der Waals surface area (Å²) in [4.78, 5) is 33.0. The van der Waals surface area contributed by atoms with Crippen LogP contribution in [0.2, 0.25) is 47.2 Å². The van der Waals surface area contributed by atoms with E-state index in [0.717, 1.165) is 45.0 Å². The minimum absolute atomic E-state index is 0.0276. The summed E-state index contributed by atoms with van der Waals surface area (Å²) in [5.74, 6) is 1.33. The van der Waals surface area contributed by atoms with Gasteiger partial charge in [0, 0.05) is 0 Å². The van der Waals surface area contributed by atoms with Gasteiger partial charge < -0.3 is 0 Å². The topological polar surface area (TPSA) is 43.4 Å². The number of rotatable bonds is 5. The minimum atomic E-state index is -3.88. The number of carbonyl (C=O) groups is 2. The van der Waals surface area contributed by atoms with Crippen LogP contribution in [0.5, 0.6) is 0 Å². The zero-order valence-corrected chi connectivity index (χ0v) is 13.6. The molecule has 10 aliphatic rings. The number of Topliss-reactive ketones (excluding diaryl/α,β-unsaturated/α-hetero) is 1. The second-order valence-electron chi connectivity index (χ2n) is 11.5. The second kappa shape index (κ2) is 0.866. The van der Waals surface area contributed by atoms with Crippen LogP contribution in [0.3, 0.4) is 0 Å². The van der Waals surface area contributed by atoms with E-state index in [2.05, 4.69) is 0 Å². The Bertz CT molecular complexity index is 1160. The first kappa shape index (κ1) is 9.30. The van der Waals surface area contributed by atoms with Gasteiger partial charge in [0.05, 0.1) is 0 Å². The van der Waals surface area contributed by atoms with E-state index < -0.39 is 6.51 Å². The van der Waals surface area contributed by atoms with Crippen molar-refractivity contribution in [1.29, 1.82) is 0 Å². The van der Waals surface area contributed by atoms with Crippen LogP contribution in [-0.2, 0) is 20.8 Å². The molecule has 10 rings (SSSR count). The molecule has 0 radical (unpaired) electrons. The van der Waals surface area contributed by atoms with Crippen LogP contribution < -0.4 is 0 Å². The van der Waals surface area contributed by atoms with Crippen molar-refractivity contribution in [3.05, 3.63) is 0 Å². The molecular weight excluding hydrogens is 331 g/mol. The maximum absolute atomic E-state index is 13.2. The SMILES string of the molecule is COC(=O)[C]12[CH]3[CH]4[CH]5[CH]1[Fe]45321678[CH]2[CH]1[CH]6[C]7(C(=O)CCCCl)[CH]28. The molecule has 114 valence electrons. The molecule has 0 amide bonds. The van der Waals surface area contributed by atoms with Gasteiger partial charge in [-0.05, 0) is 0 Å². The van der Waals surface area contributed by atoms with Gasteiger partial charge in [-0.25, -0.2) is 0 Å². The molecule has 0 aromatic heterocycles. The summed E-state index contributed by atoms with van der Waals surface area (Å²) in [5.41, 5.74) is 0. The molecule has 1 spiro atoms. The fourth-order valence-corrected chi connectivity index (χ4v) is 94.1. The predicted molar refractivity (Wildman–Crippen MR) is 72.4 cm³/mol. The zero-order valence-electron chi connectivity index (χ0n) is 11.7. The molecule has 5 heteroatoms. The second-order valence-corrected chi connectivity index (χ2v) is 35.1. The van der Waals surface area contributed by atoms with Gasteiger partial charge in [0.15, 0.2) is 0 Å². The standard InChI is InChI=1S/C9H10ClO.C7H7O2.Fe/c10-7-3-6-9(11)8-4-1-2-5-8;1-9-7(8)6-4-2-3-5-6;/h1-2,4-5H,3,6-7H2;2-5H,1H3;. The van der Waals surface area contributed by atoms with Crippen molar-refractivity contribution in [1.82, 2.24) is 0 Å². The molecule has 10 saturated heterocycles. The van der Waals surface area contributed by atoms with Crippen molar-refractivity contribution in [2.75, 3.05) is 13.0 Å². The summed E-state index contributed by atoms with van der Waals surface area (Å²) in [7, 11) is 1.58. The Kier molecular flexibility index (Phi) is 0.383. The van der Waals surface area contributed by atoms with E-state index in [0.29, 0.717) is 18.1 Å². The van der Waals surface area contributed by atoms with E-state index in [1.54, 1.807) is 7.11 Å². The molecule has 0 aromatic rings. The maximum atomic E-state index is 13.2. The van der Waals surface area contributed by atoms with Crippen LogP contribution in [0.4, 0.5) is 0 Å². The summed E-state index contributed by atoms with van der Waals surface area (Å²) in [6, 6.07) is 0. The third kappa shape index (κ3) is 0.108. The van der Waals surface area contributed by atoms with Crippen LogP contribution in [0, 0.1) is 0 Å². The van der Waals surface area contributed by atoms with Gasteiger partial charge in [0.25, 0.3) is 0 Å². The fraction of sp³-hybridized carbons (Fsp3) is 0.875. The molecule has 10 aliphatic heterocycles. The first-order chi connectivity index (χ1) is 9.89. The van der Waals surface area contributed by atoms with E-state index in [1.165, 1.54) is 0 Å². The van der Waals surface area contributed by atoms with Crippen molar-refractivity contribution in [2.24, 2.45) is 0 Å².